The molecule has 0 heterocycles. The zero-order valence-electron chi connectivity index (χ0n) is 9.76. The normalized spacial score (nSPS) is 10.8. The van der Waals surface area contributed by atoms with Gasteiger partial charge in [0, 0.05) is 6.07 Å². The van der Waals surface area contributed by atoms with Crippen LogP contribution in [-0.2, 0) is 0 Å². The first-order valence-corrected chi connectivity index (χ1v) is 6.70. The first kappa shape index (κ1) is 13.7. The first-order chi connectivity index (χ1) is 8.24. The maximum absolute atomic E-state index is 8.54. The first-order valence-electron chi connectivity index (χ1n) is 4.65. The lowest BCUT2D eigenvalue weighted by atomic mass is 10.3. The third-order valence-electron chi connectivity index (χ3n) is 1.88. The van der Waals surface area contributed by atoms with Gasteiger partial charge in [-0.1, -0.05) is 11.8 Å². The fourth-order valence-corrected chi connectivity index (χ4v) is 2.49. The molecule has 1 aromatic carbocycles. The third kappa shape index (κ3) is 3.88. The molecule has 1 rings (SSSR count). The molecule has 0 atom stereocenters. The standard InChI is InChI=1S/C11H12N2O2S2/c1-14-8-4-5-10(9(6-8)15-2)17-11(16-3)13-7-12/h4-6H,1-3H3. The number of thioether (sulfide) groups is 2. The summed E-state index contributed by atoms with van der Waals surface area (Å²) in [5.74, 6) is 1.43. The monoisotopic (exact) mass is 268 g/mol. The molecule has 0 aromatic heterocycles. The Morgan fingerprint density at radius 2 is 2.12 bits per heavy atom. The van der Waals surface area contributed by atoms with Crippen LogP contribution in [0.2, 0.25) is 0 Å². The van der Waals surface area contributed by atoms with Gasteiger partial charge in [-0.15, -0.1) is 11.8 Å². The highest BCUT2D eigenvalue weighted by molar-refractivity contribution is 8.38. The van der Waals surface area contributed by atoms with Crippen LogP contribution in [0.25, 0.3) is 0 Å². The van der Waals surface area contributed by atoms with E-state index in [9.17, 15) is 0 Å². The van der Waals surface area contributed by atoms with Gasteiger partial charge >= 0.3 is 0 Å². The van der Waals surface area contributed by atoms with E-state index >= 15 is 0 Å². The minimum absolute atomic E-state index is 0.677. The maximum atomic E-state index is 8.54. The Morgan fingerprint density at radius 3 is 2.65 bits per heavy atom. The molecule has 0 fully saturated rings. The Kier molecular flexibility index (Phi) is 5.73. The van der Waals surface area contributed by atoms with Crippen molar-refractivity contribution in [1.82, 2.24) is 0 Å². The second kappa shape index (κ2) is 7.09. The molecular weight excluding hydrogens is 256 g/mol. The Bertz CT molecular complexity index is 455. The predicted octanol–water partition coefficient (Wildman–Crippen LogP) is 3.00. The van der Waals surface area contributed by atoms with Crippen molar-refractivity contribution in [2.75, 3.05) is 20.5 Å². The molecule has 6 heteroatoms. The van der Waals surface area contributed by atoms with Crippen LogP contribution >= 0.6 is 23.5 Å². The van der Waals surface area contributed by atoms with Crippen molar-refractivity contribution in [2.45, 2.75) is 4.90 Å². The number of methoxy groups -OCH3 is 2. The minimum atomic E-state index is 0.677. The van der Waals surface area contributed by atoms with Gasteiger partial charge in [0.1, 0.15) is 15.9 Å². The molecule has 0 unspecified atom stereocenters. The fourth-order valence-electron chi connectivity index (χ4n) is 1.10. The van der Waals surface area contributed by atoms with Gasteiger partial charge in [-0.3, -0.25) is 0 Å². The molecule has 0 saturated heterocycles. The van der Waals surface area contributed by atoms with Gasteiger partial charge in [0.2, 0.25) is 6.19 Å². The lowest BCUT2D eigenvalue weighted by molar-refractivity contribution is 0.387. The molecule has 0 radical (unpaired) electrons. The summed E-state index contributed by atoms with van der Waals surface area (Å²) in [6.07, 6.45) is 3.65. The van der Waals surface area contributed by atoms with Crippen LogP contribution in [0.4, 0.5) is 0 Å². The molecule has 0 amide bonds. The molecule has 0 aliphatic carbocycles. The minimum Gasteiger partial charge on any atom is -0.497 e. The van der Waals surface area contributed by atoms with Crippen molar-refractivity contribution in [2.24, 2.45) is 4.99 Å². The van der Waals surface area contributed by atoms with Crippen molar-refractivity contribution in [1.29, 1.82) is 5.26 Å². The molecule has 90 valence electrons. The van der Waals surface area contributed by atoms with Crippen LogP contribution in [-0.4, -0.2) is 24.9 Å². The van der Waals surface area contributed by atoms with E-state index in [1.165, 1.54) is 23.5 Å². The number of nitriles is 1. The highest BCUT2D eigenvalue weighted by Gasteiger charge is 2.09. The second-order valence-electron chi connectivity index (χ2n) is 2.80. The SMILES string of the molecule is COc1ccc(SC(=NC#N)SC)c(OC)c1. The van der Waals surface area contributed by atoms with Gasteiger partial charge < -0.3 is 9.47 Å². The lowest BCUT2D eigenvalue weighted by Gasteiger charge is -2.09. The largest absolute Gasteiger partial charge is 0.497 e. The average Bonchev–Trinajstić information content (AvgIpc) is 2.38. The molecule has 1 aromatic rings. The van der Waals surface area contributed by atoms with E-state index in [1.54, 1.807) is 26.5 Å². The second-order valence-corrected chi connectivity index (χ2v) is 4.88. The zero-order chi connectivity index (χ0) is 12.7. The molecular formula is C11H12N2O2S2. The van der Waals surface area contributed by atoms with Crippen LogP contribution in [0.1, 0.15) is 0 Å². The number of rotatable bonds is 3. The van der Waals surface area contributed by atoms with Gasteiger partial charge in [0.25, 0.3) is 0 Å². The average molecular weight is 268 g/mol. The summed E-state index contributed by atoms with van der Waals surface area (Å²) in [7, 11) is 3.20. The quantitative estimate of drug-likeness (QED) is 0.365. The van der Waals surface area contributed by atoms with E-state index in [0.717, 1.165) is 10.6 Å². The Morgan fingerprint density at radius 1 is 1.35 bits per heavy atom. The summed E-state index contributed by atoms with van der Waals surface area (Å²) in [6.45, 7) is 0. The summed E-state index contributed by atoms with van der Waals surface area (Å²) in [4.78, 5) is 4.62. The topological polar surface area (TPSA) is 54.6 Å². The molecule has 4 nitrogen and oxygen atoms in total. The van der Waals surface area contributed by atoms with Gasteiger partial charge in [-0.2, -0.15) is 10.3 Å². The highest BCUT2D eigenvalue weighted by atomic mass is 32.2. The number of ether oxygens (including phenoxy) is 2. The summed E-state index contributed by atoms with van der Waals surface area (Å²) in [6, 6.07) is 5.52. The smallest absolute Gasteiger partial charge is 0.207 e. The van der Waals surface area contributed by atoms with E-state index in [1.807, 2.05) is 18.4 Å². The van der Waals surface area contributed by atoms with E-state index in [-0.39, 0.29) is 0 Å². The van der Waals surface area contributed by atoms with Crippen LogP contribution < -0.4 is 9.47 Å². The van der Waals surface area contributed by atoms with E-state index < -0.39 is 0 Å². The number of hydrogen-bond acceptors (Lipinski definition) is 6. The summed E-state index contributed by atoms with van der Waals surface area (Å²) in [5, 5.41) is 8.54. The molecule has 0 N–H and O–H groups in total. The number of aliphatic imine (C=N–C) groups is 1. The molecule has 0 saturated carbocycles. The van der Waals surface area contributed by atoms with Gasteiger partial charge in [-0.25, -0.2) is 0 Å². The zero-order valence-corrected chi connectivity index (χ0v) is 11.4. The number of nitrogens with zero attached hydrogens (tertiary/aromatic N) is 2. The summed E-state index contributed by atoms with van der Waals surface area (Å²) >= 11 is 2.82. The molecule has 0 aliphatic heterocycles. The van der Waals surface area contributed by atoms with Crippen molar-refractivity contribution >= 4 is 27.9 Å². The van der Waals surface area contributed by atoms with Gasteiger partial charge in [0.05, 0.1) is 19.1 Å². The summed E-state index contributed by atoms with van der Waals surface area (Å²) in [5.41, 5.74) is 0. The Labute approximate surface area is 109 Å². The van der Waals surface area contributed by atoms with Crippen LogP contribution in [0.5, 0.6) is 11.5 Å². The molecule has 0 spiro atoms. The van der Waals surface area contributed by atoms with Gasteiger partial charge in [-0.05, 0) is 18.4 Å². The highest BCUT2D eigenvalue weighted by Crippen LogP contribution is 2.35. The number of hydrogen-bond donors (Lipinski definition) is 0. The molecule has 17 heavy (non-hydrogen) atoms. The summed E-state index contributed by atoms with van der Waals surface area (Å²) < 4.78 is 11.1. The van der Waals surface area contributed by atoms with Gasteiger partial charge in [0.15, 0.2) is 0 Å². The van der Waals surface area contributed by atoms with Crippen molar-refractivity contribution < 1.29 is 9.47 Å². The third-order valence-corrected chi connectivity index (χ3v) is 3.90. The van der Waals surface area contributed by atoms with E-state index in [4.69, 9.17) is 14.7 Å². The van der Waals surface area contributed by atoms with Crippen LogP contribution in [0.15, 0.2) is 28.1 Å². The van der Waals surface area contributed by atoms with Crippen LogP contribution in [0.3, 0.4) is 0 Å². The predicted molar refractivity (Wildman–Crippen MR) is 72.0 cm³/mol. The van der Waals surface area contributed by atoms with Crippen LogP contribution in [0, 0.1) is 11.5 Å². The molecule has 0 bridgehead atoms. The number of benzene rings is 1. The lowest BCUT2D eigenvalue weighted by Crippen LogP contribution is -1.91. The Hall–Kier alpha value is -1.32. The van der Waals surface area contributed by atoms with E-state index in [0.29, 0.717) is 10.1 Å². The van der Waals surface area contributed by atoms with Crippen molar-refractivity contribution in [3.8, 4) is 17.7 Å². The van der Waals surface area contributed by atoms with E-state index in [2.05, 4.69) is 4.99 Å². The maximum Gasteiger partial charge on any atom is 0.207 e. The molecule has 0 aliphatic rings. The Balaban J connectivity index is 2.98. The fraction of sp³-hybridized carbons (Fsp3) is 0.273. The van der Waals surface area contributed by atoms with Crippen molar-refractivity contribution in [3.05, 3.63) is 18.2 Å². The van der Waals surface area contributed by atoms with Crippen molar-refractivity contribution in [3.63, 3.8) is 0 Å².